The van der Waals surface area contributed by atoms with Crippen molar-refractivity contribution in [1.29, 1.82) is 0 Å². The van der Waals surface area contributed by atoms with Crippen LogP contribution >= 0.6 is 0 Å². The van der Waals surface area contributed by atoms with Crippen LogP contribution in [0.5, 0.6) is 0 Å². The highest BCUT2D eigenvalue weighted by molar-refractivity contribution is 5.59. The molecule has 0 aliphatic carbocycles. The fraction of sp³-hybridized carbons (Fsp3) is 0.455. The van der Waals surface area contributed by atoms with E-state index in [4.69, 9.17) is 14.2 Å². The summed E-state index contributed by atoms with van der Waals surface area (Å²) in [6.45, 7) is 5.38. The molecule has 0 spiro atoms. The van der Waals surface area contributed by atoms with Gasteiger partial charge in [0.05, 0.1) is 38.1 Å². The number of ether oxygens (including phenoxy) is 3. The maximum atomic E-state index is 5.50. The zero-order valence-electron chi connectivity index (χ0n) is 15.5. The minimum atomic E-state index is 0.365. The molecule has 3 fully saturated rings. The van der Waals surface area contributed by atoms with Crippen molar-refractivity contribution < 1.29 is 14.2 Å². The lowest BCUT2D eigenvalue weighted by Gasteiger charge is -2.26. The van der Waals surface area contributed by atoms with Gasteiger partial charge in [0.2, 0.25) is 0 Å². The lowest BCUT2D eigenvalue weighted by molar-refractivity contribution is 0.389. The van der Waals surface area contributed by atoms with Crippen LogP contribution in [0.2, 0.25) is 0 Å². The summed E-state index contributed by atoms with van der Waals surface area (Å²) in [4.78, 5) is 2.44. The first-order valence-electron chi connectivity index (χ1n) is 9.84. The zero-order chi connectivity index (χ0) is 18.1. The number of hydrogen-bond acceptors (Lipinski definition) is 5. The largest absolute Gasteiger partial charge is 0.382 e. The average Bonchev–Trinajstić information content (AvgIpc) is 3.54. The molecule has 0 bridgehead atoms. The van der Waals surface area contributed by atoms with Crippen LogP contribution in [0.15, 0.2) is 48.5 Å². The summed E-state index contributed by atoms with van der Waals surface area (Å²) in [6.07, 6.45) is 2.00. The predicted octanol–water partition coefficient (Wildman–Crippen LogP) is 2.69. The minimum absolute atomic E-state index is 0.365. The Morgan fingerprint density at radius 1 is 0.778 bits per heavy atom. The predicted molar refractivity (Wildman–Crippen MR) is 106 cm³/mol. The SMILES string of the molecule is c1ccc(NCC2CO2)c(Cc2ccccc2N(CC2CO2)CC2CO2)c1. The summed E-state index contributed by atoms with van der Waals surface area (Å²) in [6, 6.07) is 17.3. The highest BCUT2D eigenvalue weighted by atomic mass is 16.6. The summed E-state index contributed by atoms with van der Waals surface area (Å²) in [5.74, 6) is 0. The molecule has 5 heteroatoms. The van der Waals surface area contributed by atoms with E-state index in [9.17, 15) is 0 Å². The highest BCUT2D eigenvalue weighted by Crippen LogP contribution is 2.29. The van der Waals surface area contributed by atoms with E-state index in [1.807, 2.05) is 0 Å². The summed E-state index contributed by atoms with van der Waals surface area (Å²) in [7, 11) is 0. The van der Waals surface area contributed by atoms with Gasteiger partial charge in [0, 0.05) is 37.4 Å². The molecule has 2 aromatic rings. The van der Waals surface area contributed by atoms with E-state index in [0.717, 1.165) is 45.9 Å². The Hall–Kier alpha value is -2.08. The van der Waals surface area contributed by atoms with E-state index in [1.165, 1.54) is 22.5 Å². The minimum Gasteiger partial charge on any atom is -0.382 e. The quantitative estimate of drug-likeness (QED) is 0.655. The van der Waals surface area contributed by atoms with Crippen molar-refractivity contribution in [2.75, 3.05) is 49.7 Å². The van der Waals surface area contributed by atoms with Gasteiger partial charge in [-0.15, -0.1) is 0 Å². The third-order valence-corrected chi connectivity index (χ3v) is 5.31. The molecule has 27 heavy (non-hydrogen) atoms. The third kappa shape index (κ3) is 4.61. The molecule has 3 unspecified atom stereocenters. The third-order valence-electron chi connectivity index (χ3n) is 5.31. The second-order valence-electron chi connectivity index (χ2n) is 7.61. The fourth-order valence-corrected chi connectivity index (χ4v) is 3.54. The molecule has 3 aliphatic heterocycles. The van der Waals surface area contributed by atoms with Crippen molar-refractivity contribution in [2.24, 2.45) is 0 Å². The Balaban J connectivity index is 1.37. The molecule has 0 amide bonds. The second kappa shape index (κ2) is 7.50. The van der Waals surface area contributed by atoms with Crippen molar-refractivity contribution in [3.05, 3.63) is 59.7 Å². The molecule has 1 N–H and O–H groups in total. The van der Waals surface area contributed by atoms with Gasteiger partial charge in [-0.2, -0.15) is 0 Å². The molecule has 142 valence electrons. The Morgan fingerprint density at radius 2 is 1.37 bits per heavy atom. The molecular formula is C22H26N2O3. The molecule has 0 radical (unpaired) electrons. The first-order chi connectivity index (χ1) is 13.3. The second-order valence-corrected chi connectivity index (χ2v) is 7.61. The number of rotatable bonds is 10. The Morgan fingerprint density at radius 3 is 2.04 bits per heavy atom. The van der Waals surface area contributed by atoms with Crippen LogP contribution in [0.25, 0.3) is 0 Å². The molecule has 2 aromatic carbocycles. The van der Waals surface area contributed by atoms with Crippen molar-refractivity contribution in [1.82, 2.24) is 0 Å². The molecule has 3 aliphatic rings. The van der Waals surface area contributed by atoms with Gasteiger partial charge in [0.15, 0.2) is 0 Å². The van der Waals surface area contributed by atoms with E-state index in [0.29, 0.717) is 18.3 Å². The van der Waals surface area contributed by atoms with Crippen molar-refractivity contribution >= 4 is 11.4 Å². The van der Waals surface area contributed by atoms with Crippen LogP contribution in [0, 0.1) is 0 Å². The lowest BCUT2D eigenvalue weighted by Crippen LogP contribution is -2.32. The highest BCUT2D eigenvalue weighted by Gasteiger charge is 2.31. The van der Waals surface area contributed by atoms with Crippen LogP contribution in [0.1, 0.15) is 11.1 Å². The van der Waals surface area contributed by atoms with Crippen LogP contribution in [0.3, 0.4) is 0 Å². The monoisotopic (exact) mass is 366 g/mol. The van der Waals surface area contributed by atoms with Crippen LogP contribution in [-0.2, 0) is 20.6 Å². The molecule has 3 saturated heterocycles. The number of para-hydroxylation sites is 2. The summed E-state index contributed by atoms with van der Waals surface area (Å²) in [5, 5.41) is 3.55. The molecule has 5 nitrogen and oxygen atoms in total. The summed E-state index contributed by atoms with van der Waals surface area (Å²) >= 11 is 0. The molecule has 3 heterocycles. The molecule has 3 atom stereocenters. The van der Waals surface area contributed by atoms with E-state index in [2.05, 4.69) is 58.7 Å². The number of nitrogens with zero attached hydrogens (tertiary/aromatic N) is 1. The van der Waals surface area contributed by atoms with Crippen LogP contribution in [0.4, 0.5) is 11.4 Å². The van der Waals surface area contributed by atoms with Crippen molar-refractivity contribution in [3.8, 4) is 0 Å². The molecule has 0 aromatic heterocycles. The number of nitrogens with one attached hydrogen (secondary N) is 1. The van der Waals surface area contributed by atoms with Gasteiger partial charge in [-0.25, -0.2) is 0 Å². The van der Waals surface area contributed by atoms with E-state index in [-0.39, 0.29) is 0 Å². The average molecular weight is 366 g/mol. The number of anilines is 2. The normalized spacial score (nSPS) is 25.1. The van der Waals surface area contributed by atoms with Gasteiger partial charge >= 0.3 is 0 Å². The first-order valence-corrected chi connectivity index (χ1v) is 9.84. The molecule has 5 rings (SSSR count). The maximum absolute atomic E-state index is 5.50. The van der Waals surface area contributed by atoms with Gasteiger partial charge in [0.1, 0.15) is 0 Å². The smallest absolute Gasteiger partial charge is 0.0984 e. The van der Waals surface area contributed by atoms with E-state index < -0.39 is 0 Å². The lowest BCUT2D eigenvalue weighted by atomic mass is 10.0. The topological polar surface area (TPSA) is 52.9 Å². The van der Waals surface area contributed by atoms with Crippen molar-refractivity contribution in [3.63, 3.8) is 0 Å². The number of benzene rings is 2. The van der Waals surface area contributed by atoms with E-state index >= 15 is 0 Å². The van der Waals surface area contributed by atoms with E-state index in [1.54, 1.807) is 0 Å². The van der Waals surface area contributed by atoms with Crippen LogP contribution < -0.4 is 10.2 Å². The number of hydrogen-bond donors (Lipinski definition) is 1. The van der Waals surface area contributed by atoms with Gasteiger partial charge in [-0.3, -0.25) is 0 Å². The summed E-state index contributed by atoms with van der Waals surface area (Å²) in [5.41, 5.74) is 5.15. The first kappa shape index (κ1) is 17.0. The molecular weight excluding hydrogens is 340 g/mol. The maximum Gasteiger partial charge on any atom is 0.0984 e. The zero-order valence-corrected chi connectivity index (χ0v) is 15.5. The van der Waals surface area contributed by atoms with Crippen LogP contribution in [-0.4, -0.2) is 57.8 Å². The van der Waals surface area contributed by atoms with Gasteiger partial charge in [-0.05, 0) is 23.3 Å². The van der Waals surface area contributed by atoms with Crippen molar-refractivity contribution in [2.45, 2.75) is 24.7 Å². The van der Waals surface area contributed by atoms with Gasteiger partial charge in [0.25, 0.3) is 0 Å². The Bertz CT molecular complexity index is 771. The molecule has 0 saturated carbocycles. The Kier molecular flexibility index (Phi) is 4.74. The fourth-order valence-electron chi connectivity index (χ4n) is 3.54. The summed E-state index contributed by atoms with van der Waals surface area (Å²) < 4.78 is 16.3. The van der Waals surface area contributed by atoms with Gasteiger partial charge in [-0.1, -0.05) is 36.4 Å². The Labute approximate surface area is 160 Å². The number of epoxide rings is 3. The standard InChI is InChI=1S/C22H26N2O3/c1-3-7-21(23-10-18-13-25-18)16(5-1)9-17-6-2-4-8-22(17)24(11-19-14-26-19)12-20-15-27-20/h1-8,18-20,23H,9-15H2. The van der Waals surface area contributed by atoms with Gasteiger partial charge < -0.3 is 24.4 Å².